The number of aliphatic hydroxyl groups is 1. The number of carbonyl (C=O) groups is 2. The minimum absolute atomic E-state index is 0.00331. The van der Waals surface area contributed by atoms with Gasteiger partial charge >= 0.3 is 5.91 Å². The molecule has 4 heterocycles. The molecule has 1 amide bonds. The van der Waals surface area contributed by atoms with Crippen molar-refractivity contribution in [2.75, 3.05) is 4.90 Å². The van der Waals surface area contributed by atoms with Gasteiger partial charge in [-0.3, -0.25) is 19.5 Å². The first kappa shape index (κ1) is 20.2. The van der Waals surface area contributed by atoms with Crippen molar-refractivity contribution in [3.63, 3.8) is 0 Å². The zero-order valence-electron chi connectivity index (χ0n) is 18.2. The van der Waals surface area contributed by atoms with Gasteiger partial charge in [-0.25, -0.2) is 4.98 Å². The van der Waals surface area contributed by atoms with Crippen molar-refractivity contribution in [1.29, 1.82) is 0 Å². The van der Waals surface area contributed by atoms with E-state index < -0.39 is 17.7 Å². The number of nitrogens with one attached hydrogen (secondary N) is 1. The van der Waals surface area contributed by atoms with E-state index in [0.29, 0.717) is 23.1 Å². The van der Waals surface area contributed by atoms with Gasteiger partial charge in [0, 0.05) is 24.4 Å². The number of pyridine rings is 1. The fourth-order valence-electron chi connectivity index (χ4n) is 4.69. The SMILES string of the molecule is CC1Cc2cc(/C(O)=C3\C(=O)C(=O)N(c4nc5ccccc5[nH]4)C3c3ccncc3)ccc2O1. The van der Waals surface area contributed by atoms with Crippen molar-refractivity contribution >= 4 is 34.4 Å². The molecule has 0 aliphatic carbocycles. The minimum Gasteiger partial charge on any atom is -0.507 e. The van der Waals surface area contributed by atoms with Gasteiger partial charge in [-0.05, 0) is 60.5 Å². The predicted octanol–water partition coefficient (Wildman–Crippen LogP) is 3.91. The Hall–Kier alpha value is -4.46. The van der Waals surface area contributed by atoms with E-state index in [2.05, 4.69) is 15.0 Å². The summed E-state index contributed by atoms with van der Waals surface area (Å²) in [6, 6.07) is 15.2. The van der Waals surface area contributed by atoms with Crippen LogP contribution in [0.5, 0.6) is 5.75 Å². The summed E-state index contributed by atoms with van der Waals surface area (Å²) in [5.41, 5.74) is 3.45. The molecular weight excluding hydrogens is 432 g/mol. The minimum atomic E-state index is -0.869. The highest BCUT2D eigenvalue weighted by molar-refractivity contribution is 6.51. The van der Waals surface area contributed by atoms with Gasteiger partial charge in [0.1, 0.15) is 17.6 Å². The third kappa shape index (κ3) is 3.07. The number of hydrogen-bond donors (Lipinski definition) is 2. The number of hydrogen-bond acceptors (Lipinski definition) is 6. The van der Waals surface area contributed by atoms with Crippen LogP contribution in [0.4, 0.5) is 5.95 Å². The van der Waals surface area contributed by atoms with Gasteiger partial charge in [-0.15, -0.1) is 0 Å². The summed E-state index contributed by atoms with van der Waals surface area (Å²) >= 11 is 0. The van der Waals surface area contributed by atoms with Gasteiger partial charge in [-0.1, -0.05) is 12.1 Å². The van der Waals surface area contributed by atoms with Crippen LogP contribution in [-0.2, 0) is 16.0 Å². The summed E-state index contributed by atoms with van der Waals surface area (Å²) in [7, 11) is 0. The number of H-pyrrole nitrogens is 1. The number of anilines is 1. The van der Waals surface area contributed by atoms with Crippen LogP contribution in [0.2, 0.25) is 0 Å². The molecule has 0 bridgehead atoms. The molecule has 0 saturated carbocycles. The van der Waals surface area contributed by atoms with E-state index in [1.54, 1.807) is 36.7 Å². The Morgan fingerprint density at radius 2 is 1.91 bits per heavy atom. The molecule has 8 heteroatoms. The van der Waals surface area contributed by atoms with Gasteiger partial charge in [0.25, 0.3) is 5.78 Å². The molecule has 8 nitrogen and oxygen atoms in total. The van der Waals surface area contributed by atoms with Crippen LogP contribution in [0.25, 0.3) is 16.8 Å². The van der Waals surface area contributed by atoms with E-state index in [9.17, 15) is 14.7 Å². The maximum Gasteiger partial charge on any atom is 0.302 e. The van der Waals surface area contributed by atoms with Crippen LogP contribution in [0, 0.1) is 0 Å². The maximum absolute atomic E-state index is 13.3. The van der Waals surface area contributed by atoms with Gasteiger partial charge in [0.15, 0.2) is 0 Å². The zero-order valence-corrected chi connectivity index (χ0v) is 18.2. The van der Waals surface area contributed by atoms with Crippen LogP contribution in [0.3, 0.4) is 0 Å². The number of para-hydroxylation sites is 2. The first-order valence-corrected chi connectivity index (χ1v) is 11.0. The van der Waals surface area contributed by atoms with E-state index in [-0.39, 0.29) is 23.4 Å². The lowest BCUT2D eigenvalue weighted by atomic mass is 9.95. The molecule has 0 radical (unpaired) electrons. The maximum atomic E-state index is 13.3. The lowest BCUT2D eigenvalue weighted by molar-refractivity contribution is -0.132. The number of Topliss-reactive ketones (excluding diaryl/α,β-unsaturated/α-hetero) is 1. The van der Waals surface area contributed by atoms with Crippen LogP contribution < -0.4 is 9.64 Å². The summed E-state index contributed by atoms with van der Waals surface area (Å²) in [6.45, 7) is 1.97. The standard InChI is InChI=1S/C26H20N4O4/c1-14-12-17-13-16(6-7-20(17)34-14)23(31)21-22(15-8-10-27-11-9-15)30(25(33)24(21)32)26-28-18-4-2-3-5-19(18)29-26/h2-11,13-14,22,31H,12H2,1H3,(H,28,29)/b23-21+. The number of aromatic nitrogens is 3. The molecule has 34 heavy (non-hydrogen) atoms. The van der Waals surface area contributed by atoms with Crippen molar-refractivity contribution in [3.8, 4) is 5.75 Å². The third-order valence-electron chi connectivity index (χ3n) is 6.24. The largest absolute Gasteiger partial charge is 0.507 e. The van der Waals surface area contributed by atoms with Gasteiger partial charge in [0.05, 0.1) is 22.6 Å². The highest BCUT2D eigenvalue weighted by atomic mass is 16.5. The predicted molar refractivity (Wildman–Crippen MR) is 125 cm³/mol. The molecule has 2 aliphatic heterocycles. The highest BCUT2D eigenvalue weighted by Crippen LogP contribution is 2.42. The fourth-order valence-corrected chi connectivity index (χ4v) is 4.69. The first-order chi connectivity index (χ1) is 16.5. The topological polar surface area (TPSA) is 108 Å². The number of ether oxygens (including phenoxy) is 1. The molecule has 1 saturated heterocycles. The molecule has 4 aromatic rings. The molecular formula is C26H20N4O4. The number of amides is 1. The summed E-state index contributed by atoms with van der Waals surface area (Å²) in [5.74, 6) is -0.774. The Labute approximate surface area is 194 Å². The summed E-state index contributed by atoms with van der Waals surface area (Å²) in [5, 5.41) is 11.3. The van der Waals surface area contributed by atoms with Crippen molar-refractivity contribution in [2.45, 2.75) is 25.5 Å². The molecule has 2 aromatic heterocycles. The fraction of sp³-hybridized carbons (Fsp3) is 0.154. The third-order valence-corrected chi connectivity index (χ3v) is 6.24. The van der Waals surface area contributed by atoms with E-state index in [1.807, 2.05) is 37.3 Å². The first-order valence-electron chi connectivity index (χ1n) is 11.0. The van der Waals surface area contributed by atoms with Gasteiger partial charge in [-0.2, -0.15) is 0 Å². The number of ketones is 1. The van der Waals surface area contributed by atoms with Crippen LogP contribution in [0.15, 0.2) is 72.6 Å². The summed E-state index contributed by atoms with van der Waals surface area (Å²) < 4.78 is 5.75. The highest BCUT2D eigenvalue weighted by Gasteiger charge is 2.48. The molecule has 2 N–H and O–H groups in total. The Morgan fingerprint density at radius 3 is 2.71 bits per heavy atom. The van der Waals surface area contributed by atoms with Crippen molar-refractivity contribution < 1.29 is 19.4 Å². The second-order valence-corrected chi connectivity index (χ2v) is 8.48. The average molecular weight is 452 g/mol. The Balaban J connectivity index is 1.53. The number of rotatable bonds is 3. The molecule has 0 spiro atoms. The van der Waals surface area contributed by atoms with E-state index in [0.717, 1.165) is 16.8 Å². The van der Waals surface area contributed by atoms with Crippen molar-refractivity contribution in [3.05, 3.63) is 89.3 Å². The number of aliphatic hydroxyl groups excluding tert-OH is 1. The zero-order chi connectivity index (χ0) is 23.4. The lowest BCUT2D eigenvalue weighted by Crippen LogP contribution is -2.30. The molecule has 168 valence electrons. The molecule has 6 rings (SSSR count). The number of fused-ring (bicyclic) bond motifs is 2. The second-order valence-electron chi connectivity index (χ2n) is 8.48. The van der Waals surface area contributed by atoms with E-state index >= 15 is 0 Å². The Morgan fingerprint density at radius 1 is 1.12 bits per heavy atom. The number of imidazole rings is 1. The van der Waals surface area contributed by atoms with Gasteiger partial charge < -0.3 is 14.8 Å². The average Bonchev–Trinajstić information content (AvgIpc) is 3.51. The van der Waals surface area contributed by atoms with Gasteiger partial charge in [0.2, 0.25) is 5.95 Å². The normalized spacial score (nSPS) is 21.1. The van der Waals surface area contributed by atoms with Crippen molar-refractivity contribution in [1.82, 2.24) is 15.0 Å². The quantitative estimate of drug-likeness (QED) is 0.277. The number of carbonyl (C=O) groups excluding carboxylic acids is 2. The molecule has 2 unspecified atom stereocenters. The lowest BCUT2D eigenvalue weighted by Gasteiger charge is -2.22. The van der Waals surface area contributed by atoms with Crippen LogP contribution in [-0.4, -0.2) is 37.9 Å². The Bertz CT molecular complexity index is 1460. The molecule has 2 aliphatic rings. The van der Waals surface area contributed by atoms with Crippen LogP contribution >= 0.6 is 0 Å². The van der Waals surface area contributed by atoms with Crippen molar-refractivity contribution in [2.24, 2.45) is 0 Å². The van der Waals surface area contributed by atoms with E-state index in [1.165, 1.54) is 4.90 Å². The number of benzene rings is 2. The smallest absolute Gasteiger partial charge is 0.302 e. The van der Waals surface area contributed by atoms with Crippen LogP contribution in [0.1, 0.15) is 29.7 Å². The second kappa shape index (κ2) is 7.55. The van der Waals surface area contributed by atoms with E-state index in [4.69, 9.17) is 4.74 Å². The molecule has 2 aromatic carbocycles. The molecule has 1 fully saturated rings. The summed E-state index contributed by atoms with van der Waals surface area (Å²) in [6.07, 6.45) is 3.92. The Kier molecular flexibility index (Phi) is 4.48. The number of aromatic amines is 1. The summed E-state index contributed by atoms with van der Waals surface area (Å²) in [4.78, 5) is 39.6. The number of nitrogens with zero attached hydrogens (tertiary/aromatic N) is 3. The molecule has 2 atom stereocenters. The monoisotopic (exact) mass is 452 g/mol.